The molecule has 0 heterocycles. The van der Waals surface area contributed by atoms with Gasteiger partial charge in [0.15, 0.2) is 6.29 Å². The molecule has 2 N–H and O–H groups in total. The van der Waals surface area contributed by atoms with Crippen molar-refractivity contribution in [3.63, 3.8) is 0 Å². The summed E-state index contributed by atoms with van der Waals surface area (Å²) >= 11 is 0. The quantitative estimate of drug-likeness (QED) is 0.449. The molecule has 0 aliphatic heterocycles. The average Bonchev–Trinajstić information content (AvgIpc) is 1.82. The van der Waals surface area contributed by atoms with Crippen molar-refractivity contribution >= 4 is 8.96 Å². The number of hydrogen-bond donors (Lipinski definition) is 1. The Labute approximate surface area is 57.8 Å². The maximum atomic E-state index is 5.62. The highest BCUT2D eigenvalue weighted by atomic mass is 28.3. The van der Waals surface area contributed by atoms with Gasteiger partial charge in [0.25, 0.3) is 0 Å². The monoisotopic (exact) mass is 149 g/mol. The van der Waals surface area contributed by atoms with Gasteiger partial charge in [0.1, 0.15) is 8.96 Å². The first-order valence-electron chi connectivity index (χ1n) is 3.02. The molecule has 0 fully saturated rings. The van der Waals surface area contributed by atoms with Gasteiger partial charge < -0.3 is 14.9 Å². The van der Waals surface area contributed by atoms with E-state index in [1.807, 2.05) is 0 Å². The van der Waals surface area contributed by atoms with Crippen LogP contribution in [-0.4, -0.2) is 29.5 Å². The number of methoxy groups -OCH3 is 2. The first kappa shape index (κ1) is 9.10. The summed E-state index contributed by atoms with van der Waals surface area (Å²) < 4.78 is 9.89. The molecule has 3 nitrogen and oxygen atoms in total. The van der Waals surface area contributed by atoms with Crippen LogP contribution in [0.15, 0.2) is 0 Å². The fourth-order valence-electron chi connectivity index (χ4n) is 0.592. The van der Waals surface area contributed by atoms with Gasteiger partial charge in [-0.3, -0.25) is 0 Å². The van der Waals surface area contributed by atoms with E-state index in [2.05, 4.69) is 6.55 Å². The fourth-order valence-corrected chi connectivity index (χ4v) is 1.58. The molecular formula is C5H15NO2Si. The second-order valence-corrected chi connectivity index (χ2v) is 4.54. The van der Waals surface area contributed by atoms with Crippen molar-refractivity contribution in [2.24, 2.45) is 5.40 Å². The minimum absolute atomic E-state index is 0.0864. The summed E-state index contributed by atoms with van der Waals surface area (Å²) in [5.41, 5.74) is 0. The minimum atomic E-state index is -1.01. The lowest BCUT2D eigenvalue weighted by Crippen LogP contribution is -2.28. The van der Waals surface area contributed by atoms with Gasteiger partial charge in [-0.1, -0.05) is 6.55 Å². The van der Waals surface area contributed by atoms with Crippen LogP contribution >= 0.6 is 0 Å². The van der Waals surface area contributed by atoms with E-state index < -0.39 is 8.96 Å². The molecule has 0 bridgehead atoms. The number of rotatable bonds is 4. The molecule has 0 saturated heterocycles. The van der Waals surface area contributed by atoms with Crippen molar-refractivity contribution in [2.75, 3.05) is 14.2 Å². The van der Waals surface area contributed by atoms with Gasteiger partial charge in [-0.25, -0.2) is 0 Å². The van der Waals surface area contributed by atoms with Crippen molar-refractivity contribution in [3.8, 4) is 0 Å². The summed E-state index contributed by atoms with van der Waals surface area (Å²) in [6, 6.07) is 0.882. The van der Waals surface area contributed by atoms with Gasteiger partial charge in [0.05, 0.1) is 0 Å². The van der Waals surface area contributed by atoms with Crippen LogP contribution < -0.4 is 5.40 Å². The van der Waals surface area contributed by atoms with E-state index >= 15 is 0 Å². The molecule has 0 aromatic rings. The lowest BCUT2D eigenvalue weighted by atomic mass is 10.7. The van der Waals surface area contributed by atoms with Crippen molar-refractivity contribution < 1.29 is 9.47 Å². The Morgan fingerprint density at radius 2 is 1.89 bits per heavy atom. The standard InChI is InChI=1S/C5H15NO2Si/c1-7-5(8-2)4-9(3)6/h5,9H,4,6H2,1-3H3. The fraction of sp³-hybridized carbons (Fsp3) is 1.00. The van der Waals surface area contributed by atoms with Crippen LogP contribution in [-0.2, 0) is 9.47 Å². The molecule has 4 heteroatoms. The van der Waals surface area contributed by atoms with E-state index in [-0.39, 0.29) is 6.29 Å². The zero-order chi connectivity index (χ0) is 7.28. The number of hydrogen-bond acceptors (Lipinski definition) is 3. The van der Waals surface area contributed by atoms with E-state index in [1.165, 1.54) is 0 Å². The van der Waals surface area contributed by atoms with Gasteiger partial charge in [-0.05, 0) is 0 Å². The van der Waals surface area contributed by atoms with Crippen LogP contribution in [0.5, 0.6) is 0 Å². The normalized spacial score (nSPS) is 14.3. The third kappa shape index (κ3) is 4.59. The second kappa shape index (κ2) is 4.93. The van der Waals surface area contributed by atoms with Crippen LogP contribution in [0.3, 0.4) is 0 Å². The Morgan fingerprint density at radius 3 is 2.00 bits per heavy atom. The number of ether oxygens (including phenoxy) is 2. The van der Waals surface area contributed by atoms with Gasteiger partial charge >= 0.3 is 0 Å². The molecule has 0 aromatic heterocycles. The topological polar surface area (TPSA) is 44.5 Å². The largest absolute Gasteiger partial charge is 0.356 e. The van der Waals surface area contributed by atoms with Crippen molar-refractivity contribution in [2.45, 2.75) is 18.9 Å². The van der Waals surface area contributed by atoms with Crippen molar-refractivity contribution in [1.82, 2.24) is 0 Å². The maximum absolute atomic E-state index is 5.62. The predicted molar refractivity (Wildman–Crippen MR) is 39.8 cm³/mol. The zero-order valence-corrected chi connectivity index (χ0v) is 7.41. The second-order valence-electron chi connectivity index (χ2n) is 2.11. The Hall–Kier alpha value is 0.0969. The highest BCUT2D eigenvalue weighted by molar-refractivity contribution is 6.53. The van der Waals surface area contributed by atoms with Crippen molar-refractivity contribution in [3.05, 3.63) is 0 Å². The first-order chi connectivity index (χ1) is 4.20. The molecule has 0 amide bonds. The minimum Gasteiger partial charge on any atom is -0.356 e. The van der Waals surface area contributed by atoms with Gasteiger partial charge in [-0.15, -0.1) is 0 Å². The molecule has 0 aromatic carbocycles. The van der Waals surface area contributed by atoms with Crippen molar-refractivity contribution in [1.29, 1.82) is 0 Å². The highest BCUT2D eigenvalue weighted by Crippen LogP contribution is 1.98. The van der Waals surface area contributed by atoms with Gasteiger partial charge in [0, 0.05) is 20.3 Å². The molecule has 56 valence electrons. The summed E-state index contributed by atoms with van der Waals surface area (Å²) in [7, 11) is 2.25. The summed E-state index contributed by atoms with van der Waals surface area (Å²) in [5.74, 6) is 0. The summed E-state index contributed by atoms with van der Waals surface area (Å²) in [5, 5.41) is 5.62. The van der Waals surface area contributed by atoms with E-state index in [1.54, 1.807) is 14.2 Å². The highest BCUT2D eigenvalue weighted by Gasteiger charge is 2.07. The molecule has 1 atom stereocenters. The maximum Gasteiger partial charge on any atom is 0.155 e. The Balaban J connectivity index is 3.31. The molecule has 0 aliphatic rings. The van der Waals surface area contributed by atoms with Crippen LogP contribution in [0.2, 0.25) is 12.6 Å². The van der Waals surface area contributed by atoms with Gasteiger partial charge in [0.2, 0.25) is 0 Å². The number of nitrogens with two attached hydrogens (primary N) is 1. The van der Waals surface area contributed by atoms with Crippen LogP contribution in [0, 0.1) is 0 Å². The molecule has 0 radical (unpaired) electrons. The SMILES string of the molecule is COC(C[SiH](C)N)OC. The molecular weight excluding hydrogens is 134 g/mol. The Morgan fingerprint density at radius 1 is 1.44 bits per heavy atom. The van der Waals surface area contributed by atoms with E-state index in [0.717, 1.165) is 6.04 Å². The molecule has 0 spiro atoms. The van der Waals surface area contributed by atoms with E-state index in [0.29, 0.717) is 0 Å². The molecule has 0 rings (SSSR count). The molecule has 0 saturated carbocycles. The lowest BCUT2D eigenvalue weighted by Gasteiger charge is -2.13. The van der Waals surface area contributed by atoms with Crippen LogP contribution in [0.1, 0.15) is 0 Å². The Bertz CT molecular complexity index is 66.0. The third-order valence-electron chi connectivity index (χ3n) is 1.09. The van der Waals surface area contributed by atoms with E-state index in [4.69, 9.17) is 14.9 Å². The van der Waals surface area contributed by atoms with E-state index in [9.17, 15) is 0 Å². The average molecular weight is 149 g/mol. The molecule has 9 heavy (non-hydrogen) atoms. The summed E-state index contributed by atoms with van der Waals surface area (Å²) in [4.78, 5) is 0. The molecule has 0 aliphatic carbocycles. The van der Waals surface area contributed by atoms with Gasteiger partial charge in [-0.2, -0.15) is 0 Å². The summed E-state index contributed by atoms with van der Waals surface area (Å²) in [6.45, 7) is 2.06. The molecule has 1 unspecified atom stereocenters. The summed E-state index contributed by atoms with van der Waals surface area (Å²) in [6.07, 6.45) is -0.0864. The lowest BCUT2D eigenvalue weighted by molar-refractivity contribution is -0.0880. The van der Waals surface area contributed by atoms with Crippen LogP contribution in [0.4, 0.5) is 0 Å². The zero-order valence-electron chi connectivity index (χ0n) is 6.26. The van der Waals surface area contributed by atoms with Crippen LogP contribution in [0.25, 0.3) is 0 Å². The smallest absolute Gasteiger partial charge is 0.155 e. The predicted octanol–water partition coefficient (Wildman–Crippen LogP) is -0.0824. The Kier molecular flexibility index (Phi) is 4.98. The third-order valence-corrected chi connectivity index (χ3v) is 2.22. The first-order valence-corrected chi connectivity index (χ1v) is 5.65.